The lowest BCUT2D eigenvalue weighted by molar-refractivity contribution is -0.156. The van der Waals surface area contributed by atoms with E-state index in [9.17, 15) is 14.4 Å². The van der Waals surface area contributed by atoms with Gasteiger partial charge in [-0.2, -0.15) is 0 Å². The van der Waals surface area contributed by atoms with Crippen LogP contribution in [0.4, 0.5) is 14.6 Å². The first-order chi connectivity index (χ1) is 21.3. The van der Waals surface area contributed by atoms with E-state index in [1.54, 1.807) is 101 Å². The van der Waals surface area contributed by atoms with Crippen LogP contribution >= 0.6 is 22.6 Å². The van der Waals surface area contributed by atoms with Gasteiger partial charge < -0.3 is 9.47 Å². The molecule has 2 amide bonds. The minimum atomic E-state index is -2.79. The van der Waals surface area contributed by atoms with E-state index in [2.05, 4.69) is 15.0 Å². The second-order valence-electron chi connectivity index (χ2n) is 9.77. The van der Waals surface area contributed by atoms with Crippen molar-refractivity contribution in [3.8, 4) is 0 Å². The number of halogens is 3. The lowest BCUT2D eigenvalue weighted by Gasteiger charge is -2.22. The molecule has 3 heterocycles. The first-order valence-electron chi connectivity index (χ1n) is 13.3. The van der Waals surface area contributed by atoms with Crippen LogP contribution in [0.2, 0.25) is 0 Å². The third kappa shape index (κ3) is 5.32. The Hall–Kier alpha value is -4.63. The molecule has 0 radical (unpaired) electrons. The van der Waals surface area contributed by atoms with Gasteiger partial charge in [-0.25, -0.2) is 33.4 Å². The summed E-state index contributed by atoms with van der Waals surface area (Å²) in [5, 5.41) is 0. The van der Waals surface area contributed by atoms with E-state index in [0.717, 1.165) is 11.2 Å². The number of esters is 1. The number of carbonyl (C=O) groups excluding carboxylic acids is 3. The van der Waals surface area contributed by atoms with Crippen LogP contribution in [0.5, 0.6) is 0 Å². The lowest BCUT2D eigenvalue weighted by Crippen LogP contribution is -2.39. The monoisotopic (exact) mass is 709 g/mol. The largest absolute Gasteiger partial charge is 0.451 e. The number of alkyl halides is 3. The molecule has 0 N–H and O–H groups in total. The molecule has 1 aliphatic heterocycles. The fraction of sp³-hybridized carbons (Fsp3) is 0.161. The highest BCUT2D eigenvalue weighted by atomic mass is 127. The SMILES string of the molecule is O=C(O[C@H]1[C@H](n2cnc3c(N(C(=O)c4ccccc4)C(=O)c4ccccc4)ncnc32)O[C@](F)(CI)[C@H]1F)c1ccccc1. The standard InChI is InChI=1S/C31H22F2IN5O5/c32-24-23(43-30(42)21-14-8-3-9-15-21)29(44-31(24,33)16-34)38-18-37-22-25(38)35-17-36-26(22)39(27(40)19-10-4-1-5-11-19)28(41)20-12-6-2-7-13-20/h1-15,17-18,23-24,29H,16H2/t23-,24+,29-,31-/m1/s1. The third-order valence-electron chi connectivity index (χ3n) is 7.01. The number of amides is 2. The van der Waals surface area contributed by atoms with E-state index >= 15 is 8.78 Å². The molecule has 6 rings (SSSR count). The molecule has 1 saturated heterocycles. The van der Waals surface area contributed by atoms with Gasteiger partial charge in [0.15, 0.2) is 29.3 Å². The lowest BCUT2D eigenvalue weighted by atomic mass is 10.1. The van der Waals surface area contributed by atoms with Crippen molar-refractivity contribution in [2.24, 2.45) is 0 Å². The van der Waals surface area contributed by atoms with Gasteiger partial charge in [0.1, 0.15) is 6.33 Å². The van der Waals surface area contributed by atoms with Crippen molar-refractivity contribution < 1.29 is 32.6 Å². The summed E-state index contributed by atoms with van der Waals surface area (Å²) in [5.41, 5.74) is 0.509. The van der Waals surface area contributed by atoms with Gasteiger partial charge >= 0.3 is 5.97 Å². The fourth-order valence-electron chi connectivity index (χ4n) is 4.82. The molecule has 3 aromatic carbocycles. The number of benzene rings is 3. The molecular weight excluding hydrogens is 687 g/mol. The Labute approximate surface area is 262 Å². The molecule has 1 fully saturated rings. The van der Waals surface area contributed by atoms with Crippen LogP contribution in [0.25, 0.3) is 11.2 Å². The molecule has 0 bridgehead atoms. The number of imidazole rings is 1. The molecule has 0 saturated carbocycles. The fourth-order valence-corrected chi connectivity index (χ4v) is 5.42. The van der Waals surface area contributed by atoms with Gasteiger partial charge in [-0.3, -0.25) is 14.2 Å². The minimum absolute atomic E-state index is 0.0163. The summed E-state index contributed by atoms with van der Waals surface area (Å²) in [6.45, 7) is 0. The Balaban J connectivity index is 1.44. The van der Waals surface area contributed by atoms with Crippen LogP contribution in [0.1, 0.15) is 37.3 Å². The minimum Gasteiger partial charge on any atom is -0.451 e. The van der Waals surface area contributed by atoms with Crippen molar-refractivity contribution in [2.45, 2.75) is 24.4 Å². The summed E-state index contributed by atoms with van der Waals surface area (Å²) in [6.07, 6.45) is -3.35. The van der Waals surface area contributed by atoms with Gasteiger partial charge in [0, 0.05) is 11.1 Å². The van der Waals surface area contributed by atoms with Gasteiger partial charge in [0.2, 0.25) is 6.17 Å². The number of hydrogen-bond acceptors (Lipinski definition) is 8. The highest BCUT2D eigenvalue weighted by Gasteiger charge is 2.59. The van der Waals surface area contributed by atoms with E-state index in [1.807, 2.05) is 0 Å². The summed E-state index contributed by atoms with van der Waals surface area (Å²) in [5.74, 6) is -5.20. The maximum atomic E-state index is 15.6. The number of rotatable bonds is 7. The second-order valence-corrected chi connectivity index (χ2v) is 10.5. The van der Waals surface area contributed by atoms with Gasteiger partial charge in [0.25, 0.3) is 17.7 Å². The predicted molar refractivity (Wildman–Crippen MR) is 163 cm³/mol. The smallest absolute Gasteiger partial charge is 0.338 e. The topological polar surface area (TPSA) is 117 Å². The van der Waals surface area contributed by atoms with Crippen LogP contribution < -0.4 is 4.90 Å². The molecule has 0 spiro atoms. The van der Waals surface area contributed by atoms with Crippen molar-refractivity contribution in [3.05, 3.63) is 120 Å². The van der Waals surface area contributed by atoms with Crippen molar-refractivity contribution in [2.75, 3.05) is 9.33 Å². The van der Waals surface area contributed by atoms with Crippen LogP contribution in [0, 0.1) is 0 Å². The first kappa shape index (κ1) is 29.4. The first-order valence-corrected chi connectivity index (χ1v) is 14.8. The van der Waals surface area contributed by atoms with Crippen molar-refractivity contribution in [3.63, 3.8) is 0 Å². The maximum absolute atomic E-state index is 15.6. The second kappa shape index (κ2) is 12.2. The van der Waals surface area contributed by atoms with Gasteiger partial charge in [0.05, 0.1) is 16.3 Å². The zero-order chi connectivity index (χ0) is 30.8. The number of carbonyl (C=O) groups is 3. The van der Waals surface area contributed by atoms with Crippen molar-refractivity contribution in [1.82, 2.24) is 19.5 Å². The molecule has 0 aliphatic carbocycles. The molecule has 5 aromatic rings. The van der Waals surface area contributed by atoms with E-state index in [1.165, 1.54) is 23.0 Å². The average molecular weight is 709 g/mol. The van der Waals surface area contributed by atoms with Crippen LogP contribution in [-0.2, 0) is 9.47 Å². The number of aromatic nitrogens is 4. The Morgan fingerprint density at radius 1 is 0.864 bits per heavy atom. The third-order valence-corrected chi connectivity index (χ3v) is 8.05. The van der Waals surface area contributed by atoms with Gasteiger partial charge in [-0.05, 0) is 36.4 Å². The average Bonchev–Trinajstić information content (AvgIpc) is 3.61. The Morgan fingerprint density at radius 2 is 1.41 bits per heavy atom. The normalized spacial score (nSPS) is 21.2. The van der Waals surface area contributed by atoms with Crippen LogP contribution in [-0.4, -0.2) is 59.9 Å². The van der Waals surface area contributed by atoms with E-state index in [0.29, 0.717) is 0 Å². The molecule has 4 atom stereocenters. The highest BCUT2D eigenvalue weighted by molar-refractivity contribution is 14.1. The molecule has 44 heavy (non-hydrogen) atoms. The molecule has 13 heteroatoms. The number of ether oxygens (including phenoxy) is 2. The Bertz CT molecular complexity index is 1780. The maximum Gasteiger partial charge on any atom is 0.338 e. The van der Waals surface area contributed by atoms with Crippen LogP contribution in [0.15, 0.2) is 104 Å². The number of imide groups is 1. The number of fused-ring (bicyclic) bond motifs is 1. The molecule has 10 nitrogen and oxygen atoms in total. The number of nitrogens with zero attached hydrogens (tertiary/aromatic N) is 5. The molecule has 222 valence electrons. The van der Waals surface area contributed by atoms with E-state index in [-0.39, 0.29) is 33.7 Å². The zero-order valence-corrected chi connectivity index (χ0v) is 24.8. The summed E-state index contributed by atoms with van der Waals surface area (Å²) >= 11 is 1.65. The molecular formula is C31H22F2IN5O5. The number of anilines is 1. The van der Waals surface area contributed by atoms with Gasteiger partial charge in [-0.15, -0.1) is 0 Å². The van der Waals surface area contributed by atoms with Crippen LogP contribution in [0.3, 0.4) is 0 Å². The molecule has 1 aliphatic rings. The van der Waals surface area contributed by atoms with E-state index < -0.39 is 46.6 Å². The van der Waals surface area contributed by atoms with Crippen molar-refractivity contribution in [1.29, 1.82) is 0 Å². The summed E-state index contributed by atoms with van der Waals surface area (Å²) < 4.78 is 43.0. The molecule has 0 unspecified atom stereocenters. The summed E-state index contributed by atoms with van der Waals surface area (Å²) in [4.78, 5) is 54.1. The summed E-state index contributed by atoms with van der Waals surface area (Å²) in [7, 11) is 0. The van der Waals surface area contributed by atoms with Crippen molar-refractivity contribution >= 4 is 57.4 Å². The predicted octanol–water partition coefficient (Wildman–Crippen LogP) is 5.51. The van der Waals surface area contributed by atoms with E-state index in [4.69, 9.17) is 9.47 Å². The Morgan fingerprint density at radius 3 is 1.95 bits per heavy atom. The Kier molecular flexibility index (Phi) is 8.14. The van der Waals surface area contributed by atoms with Gasteiger partial charge in [-0.1, -0.05) is 77.2 Å². The highest BCUT2D eigenvalue weighted by Crippen LogP contribution is 2.44. The summed E-state index contributed by atoms with van der Waals surface area (Å²) in [6, 6.07) is 24.1. The zero-order valence-electron chi connectivity index (χ0n) is 22.7. The quantitative estimate of drug-likeness (QED) is 0.0942. The molecule has 2 aromatic heterocycles. The number of hydrogen-bond donors (Lipinski definition) is 0.